The van der Waals surface area contributed by atoms with E-state index in [1.165, 1.54) is 30.4 Å². The Balaban J connectivity index is 1.24. The second-order valence-corrected chi connectivity index (χ2v) is 10.9. The third-order valence-corrected chi connectivity index (χ3v) is 8.03. The van der Waals surface area contributed by atoms with Crippen LogP contribution >= 0.6 is 23.2 Å². The summed E-state index contributed by atoms with van der Waals surface area (Å²) in [4.78, 5) is 39.0. The Morgan fingerprint density at radius 3 is 2.13 bits per heavy atom. The SMILES string of the molecule is COC(=O)c1cc(Cl)c(CC(=O)N2CCC(c3ccc(CC(=O)CCCc4ccccc4)cc3)CC2)c(Cl)c1. The normalized spacial score (nSPS) is 13.8. The first-order valence-corrected chi connectivity index (χ1v) is 14.1. The van der Waals surface area contributed by atoms with E-state index >= 15 is 0 Å². The molecule has 0 bridgehead atoms. The van der Waals surface area contributed by atoms with Crippen LogP contribution in [0.2, 0.25) is 10.0 Å². The minimum absolute atomic E-state index is 0.0378. The van der Waals surface area contributed by atoms with Crippen molar-refractivity contribution < 1.29 is 19.1 Å². The van der Waals surface area contributed by atoms with E-state index in [2.05, 4.69) is 36.4 Å². The van der Waals surface area contributed by atoms with Crippen LogP contribution in [-0.4, -0.2) is 42.8 Å². The number of hydrogen-bond acceptors (Lipinski definition) is 4. The van der Waals surface area contributed by atoms with Crippen molar-refractivity contribution in [3.63, 3.8) is 0 Å². The summed E-state index contributed by atoms with van der Waals surface area (Å²) in [6.07, 6.45) is 4.67. The summed E-state index contributed by atoms with van der Waals surface area (Å²) in [7, 11) is 1.29. The van der Waals surface area contributed by atoms with Gasteiger partial charge in [-0.05, 0) is 66.0 Å². The smallest absolute Gasteiger partial charge is 0.337 e. The van der Waals surface area contributed by atoms with Crippen LogP contribution < -0.4 is 0 Å². The molecule has 1 amide bonds. The number of likely N-dealkylation sites (tertiary alicyclic amines) is 1. The molecule has 0 atom stereocenters. The number of amides is 1. The fraction of sp³-hybridized carbons (Fsp3) is 0.344. The Bertz CT molecular complexity index is 1280. The minimum Gasteiger partial charge on any atom is -0.465 e. The van der Waals surface area contributed by atoms with Crippen molar-refractivity contribution >= 4 is 40.9 Å². The molecule has 0 unspecified atom stereocenters. The second-order valence-electron chi connectivity index (χ2n) is 10.0. The summed E-state index contributed by atoms with van der Waals surface area (Å²) in [6, 6.07) is 21.6. The Morgan fingerprint density at radius 1 is 0.872 bits per heavy atom. The molecule has 1 saturated heterocycles. The molecule has 7 heteroatoms. The van der Waals surface area contributed by atoms with Crippen molar-refractivity contribution in [1.82, 2.24) is 4.90 Å². The molecule has 0 aromatic heterocycles. The second kappa shape index (κ2) is 13.8. The van der Waals surface area contributed by atoms with E-state index in [1.807, 2.05) is 23.1 Å². The van der Waals surface area contributed by atoms with Crippen LogP contribution in [-0.2, 0) is 33.6 Å². The maximum absolute atomic E-state index is 13.0. The standard InChI is InChI=1S/C32H33Cl2NO4/c1-39-32(38)26-19-29(33)28(30(34)20-26)21-31(37)35-16-14-25(15-17-35)24-12-10-23(11-13-24)18-27(36)9-5-8-22-6-3-2-4-7-22/h2-4,6-7,10-13,19-20,25H,5,8-9,14-18,21H2,1H3. The van der Waals surface area contributed by atoms with Crippen molar-refractivity contribution in [1.29, 1.82) is 0 Å². The third-order valence-electron chi connectivity index (χ3n) is 7.35. The lowest BCUT2D eigenvalue weighted by molar-refractivity contribution is -0.131. The number of ketones is 1. The summed E-state index contributed by atoms with van der Waals surface area (Å²) >= 11 is 12.7. The molecule has 0 spiro atoms. The molecule has 3 aromatic carbocycles. The van der Waals surface area contributed by atoms with Gasteiger partial charge in [-0.15, -0.1) is 0 Å². The van der Waals surface area contributed by atoms with E-state index in [0.717, 1.165) is 31.2 Å². The number of nitrogens with zero attached hydrogens (tertiary/aromatic N) is 1. The molecule has 0 N–H and O–H groups in total. The number of aryl methyl sites for hydroxylation is 1. The van der Waals surface area contributed by atoms with Crippen molar-refractivity contribution in [2.75, 3.05) is 20.2 Å². The zero-order valence-corrected chi connectivity index (χ0v) is 23.6. The van der Waals surface area contributed by atoms with Gasteiger partial charge in [0.2, 0.25) is 5.91 Å². The zero-order chi connectivity index (χ0) is 27.8. The summed E-state index contributed by atoms with van der Waals surface area (Å²) in [6.45, 7) is 1.31. The molecule has 5 nitrogen and oxygen atoms in total. The van der Waals surface area contributed by atoms with Gasteiger partial charge in [0, 0.05) is 36.0 Å². The van der Waals surface area contributed by atoms with Crippen LogP contribution in [0.1, 0.15) is 64.2 Å². The zero-order valence-electron chi connectivity index (χ0n) is 22.1. The van der Waals surface area contributed by atoms with Crippen molar-refractivity contribution in [2.45, 2.75) is 50.9 Å². The fourth-order valence-electron chi connectivity index (χ4n) is 5.09. The van der Waals surface area contributed by atoms with Crippen LogP contribution in [0.3, 0.4) is 0 Å². The molecule has 3 aromatic rings. The van der Waals surface area contributed by atoms with Crippen LogP contribution in [0.4, 0.5) is 0 Å². The molecule has 204 valence electrons. The first-order chi connectivity index (χ1) is 18.8. The largest absolute Gasteiger partial charge is 0.465 e. The van der Waals surface area contributed by atoms with Gasteiger partial charge in [0.25, 0.3) is 0 Å². The van der Waals surface area contributed by atoms with Crippen molar-refractivity contribution in [3.8, 4) is 0 Å². The lowest BCUT2D eigenvalue weighted by Crippen LogP contribution is -2.38. The average molecular weight is 567 g/mol. The summed E-state index contributed by atoms with van der Waals surface area (Å²) in [5.74, 6) is 0.0724. The summed E-state index contributed by atoms with van der Waals surface area (Å²) < 4.78 is 4.71. The molecule has 39 heavy (non-hydrogen) atoms. The van der Waals surface area contributed by atoms with Crippen molar-refractivity contribution in [2.24, 2.45) is 0 Å². The number of rotatable bonds is 10. The Kier molecular flexibility index (Phi) is 10.2. The van der Waals surface area contributed by atoms with E-state index in [1.54, 1.807) is 0 Å². The van der Waals surface area contributed by atoms with Gasteiger partial charge in [-0.1, -0.05) is 77.8 Å². The predicted molar refractivity (Wildman–Crippen MR) is 155 cm³/mol. The van der Waals surface area contributed by atoms with Gasteiger partial charge in [0.15, 0.2) is 0 Å². The number of carbonyl (C=O) groups is 3. The summed E-state index contributed by atoms with van der Waals surface area (Å²) in [5.41, 5.74) is 4.32. The Morgan fingerprint density at radius 2 is 1.51 bits per heavy atom. The van der Waals surface area contributed by atoms with Gasteiger partial charge < -0.3 is 9.64 Å². The molecule has 0 saturated carbocycles. The molecule has 0 aliphatic carbocycles. The van der Waals surface area contributed by atoms with E-state index < -0.39 is 5.97 Å². The highest BCUT2D eigenvalue weighted by molar-refractivity contribution is 6.36. The number of hydrogen-bond donors (Lipinski definition) is 0. The molecular formula is C32H33Cl2NO4. The number of halogens is 2. The number of Topliss-reactive ketones (excluding diaryl/α,β-unsaturated/α-hetero) is 1. The highest BCUT2D eigenvalue weighted by Gasteiger charge is 2.25. The van der Waals surface area contributed by atoms with E-state index in [9.17, 15) is 14.4 Å². The van der Waals surface area contributed by atoms with Gasteiger partial charge in [-0.3, -0.25) is 9.59 Å². The van der Waals surface area contributed by atoms with E-state index in [4.69, 9.17) is 27.9 Å². The predicted octanol–water partition coefficient (Wildman–Crippen LogP) is 6.86. The fourth-order valence-corrected chi connectivity index (χ4v) is 5.71. The van der Waals surface area contributed by atoms with E-state index in [0.29, 0.717) is 37.4 Å². The van der Waals surface area contributed by atoms with Gasteiger partial charge in [-0.25, -0.2) is 4.79 Å². The van der Waals surface area contributed by atoms with Gasteiger partial charge in [0.1, 0.15) is 5.78 Å². The Hall–Kier alpha value is -3.15. The third kappa shape index (κ3) is 7.93. The first-order valence-electron chi connectivity index (χ1n) is 13.3. The lowest BCUT2D eigenvalue weighted by atomic mass is 9.88. The van der Waals surface area contributed by atoms with Crippen LogP contribution in [0, 0.1) is 0 Å². The van der Waals surface area contributed by atoms with Crippen LogP contribution in [0.5, 0.6) is 0 Å². The van der Waals surface area contributed by atoms with Crippen molar-refractivity contribution in [3.05, 3.63) is 105 Å². The van der Waals surface area contributed by atoms with Crippen LogP contribution in [0.15, 0.2) is 66.7 Å². The lowest BCUT2D eigenvalue weighted by Gasteiger charge is -2.32. The monoisotopic (exact) mass is 565 g/mol. The minimum atomic E-state index is -0.530. The molecule has 1 aliphatic rings. The molecule has 0 radical (unpaired) electrons. The Labute approximate surface area is 240 Å². The number of ether oxygens (including phenoxy) is 1. The number of benzene rings is 3. The maximum Gasteiger partial charge on any atom is 0.337 e. The molecule has 1 aliphatic heterocycles. The highest BCUT2D eigenvalue weighted by atomic mass is 35.5. The van der Waals surface area contributed by atoms with Gasteiger partial charge >= 0.3 is 5.97 Å². The molecule has 4 rings (SSSR count). The van der Waals surface area contributed by atoms with Gasteiger partial charge in [-0.2, -0.15) is 0 Å². The molecule has 1 fully saturated rings. The quantitative estimate of drug-likeness (QED) is 0.252. The van der Waals surface area contributed by atoms with Crippen LogP contribution in [0.25, 0.3) is 0 Å². The van der Waals surface area contributed by atoms with Gasteiger partial charge in [0.05, 0.1) is 19.1 Å². The topological polar surface area (TPSA) is 63.7 Å². The number of methoxy groups -OCH3 is 1. The molecule has 1 heterocycles. The average Bonchev–Trinajstić information content (AvgIpc) is 2.95. The highest BCUT2D eigenvalue weighted by Crippen LogP contribution is 2.31. The molecular weight excluding hydrogens is 533 g/mol. The summed E-state index contributed by atoms with van der Waals surface area (Å²) in [5, 5.41) is 0.557. The number of carbonyl (C=O) groups excluding carboxylic acids is 3. The number of piperidine rings is 1. The van der Waals surface area contributed by atoms with E-state index in [-0.39, 0.29) is 33.7 Å². The number of esters is 1. The first kappa shape index (κ1) is 28.8. The maximum atomic E-state index is 13.0.